The van der Waals surface area contributed by atoms with E-state index in [2.05, 4.69) is 6.58 Å². The van der Waals surface area contributed by atoms with Crippen molar-refractivity contribution in [1.29, 1.82) is 0 Å². The number of hydrogen-bond acceptors (Lipinski definition) is 5. The van der Waals surface area contributed by atoms with Crippen molar-refractivity contribution in [3.8, 4) is 0 Å². The number of rotatable bonds is 0. The third-order valence-corrected chi connectivity index (χ3v) is 4.89. The van der Waals surface area contributed by atoms with E-state index in [1.54, 1.807) is 6.26 Å². The van der Waals surface area contributed by atoms with Crippen LogP contribution in [0.2, 0.25) is 0 Å². The molecule has 0 radical (unpaired) electrons. The Labute approximate surface area is 115 Å². The first-order valence-electron chi connectivity index (χ1n) is 6.65. The summed E-state index contributed by atoms with van der Waals surface area (Å²) in [6, 6.07) is 0. The molecule has 5 atom stereocenters. The second-order valence-electron chi connectivity index (χ2n) is 6.06. The van der Waals surface area contributed by atoms with Gasteiger partial charge in [-0.2, -0.15) is 0 Å². The summed E-state index contributed by atoms with van der Waals surface area (Å²) >= 11 is 0. The first-order valence-corrected chi connectivity index (χ1v) is 6.65. The van der Waals surface area contributed by atoms with Crippen LogP contribution in [-0.2, 0) is 23.8 Å². The second-order valence-corrected chi connectivity index (χ2v) is 6.06. The smallest absolute Gasteiger partial charge is 0.337 e. The van der Waals surface area contributed by atoms with E-state index in [4.69, 9.17) is 14.2 Å². The minimum atomic E-state index is -0.400. The second kappa shape index (κ2) is 3.53. The van der Waals surface area contributed by atoms with Crippen molar-refractivity contribution in [1.82, 2.24) is 0 Å². The van der Waals surface area contributed by atoms with Crippen LogP contribution in [0.1, 0.15) is 13.3 Å². The Morgan fingerprint density at radius 3 is 2.90 bits per heavy atom. The first kappa shape index (κ1) is 11.8. The van der Waals surface area contributed by atoms with Crippen LogP contribution in [0.3, 0.4) is 0 Å². The Balaban J connectivity index is 1.86. The lowest BCUT2D eigenvalue weighted by Gasteiger charge is -2.43. The van der Waals surface area contributed by atoms with Gasteiger partial charge in [0.25, 0.3) is 0 Å². The summed E-state index contributed by atoms with van der Waals surface area (Å²) in [6.07, 6.45) is 4.93. The molecule has 0 N–H and O–H groups in total. The van der Waals surface area contributed by atoms with Gasteiger partial charge in [0.2, 0.25) is 0 Å². The standard InChI is InChI=1S/C15H14O5/c1-7-10-9(19-13(7)16)5-15(2)3-4-18-6-8-11(15)12(10)20-14(8)17/h3-4,6,9-12H,1,5H2,2H3/t9-,10+,11?,12-,15-/m0/s1. The van der Waals surface area contributed by atoms with Crippen molar-refractivity contribution >= 4 is 11.9 Å². The molecule has 1 unspecified atom stereocenters. The summed E-state index contributed by atoms with van der Waals surface area (Å²) in [6.45, 7) is 5.85. The maximum atomic E-state index is 12.1. The maximum absolute atomic E-state index is 12.1. The van der Waals surface area contributed by atoms with Crippen LogP contribution in [0.25, 0.3) is 0 Å². The average molecular weight is 274 g/mol. The Morgan fingerprint density at radius 1 is 1.30 bits per heavy atom. The fourth-order valence-electron chi connectivity index (χ4n) is 3.96. The van der Waals surface area contributed by atoms with Crippen LogP contribution in [0.4, 0.5) is 0 Å². The van der Waals surface area contributed by atoms with Crippen molar-refractivity contribution in [2.45, 2.75) is 25.6 Å². The number of hydrogen-bond donors (Lipinski definition) is 0. The molecule has 20 heavy (non-hydrogen) atoms. The fraction of sp³-hybridized carbons (Fsp3) is 0.467. The van der Waals surface area contributed by atoms with E-state index in [0.717, 1.165) is 0 Å². The minimum absolute atomic E-state index is 0.124. The number of allylic oxidation sites excluding steroid dienone is 1. The predicted molar refractivity (Wildman–Crippen MR) is 66.9 cm³/mol. The normalized spacial score (nSPS) is 44.9. The number of carbonyl (C=O) groups excluding carboxylic acids is 2. The molecule has 1 saturated carbocycles. The molecule has 3 heterocycles. The summed E-state index contributed by atoms with van der Waals surface area (Å²) < 4.78 is 16.2. The van der Waals surface area contributed by atoms with Gasteiger partial charge in [0.1, 0.15) is 18.5 Å². The molecule has 3 aliphatic heterocycles. The predicted octanol–water partition coefficient (Wildman–Crippen LogP) is 1.46. The Kier molecular flexibility index (Phi) is 2.08. The van der Waals surface area contributed by atoms with E-state index >= 15 is 0 Å². The Bertz CT molecular complexity index is 601. The van der Waals surface area contributed by atoms with Crippen molar-refractivity contribution in [3.63, 3.8) is 0 Å². The van der Waals surface area contributed by atoms with Crippen molar-refractivity contribution < 1.29 is 23.8 Å². The summed E-state index contributed by atoms with van der Waals surface area (Å²) in [5.74, 6) is -1.13. The van der Waals surface area contributed by atoms with Gasteiger partial charge in [-0.05, 0) is 12.5 Å². The highest BCUT2D eigenvalue weighted by molar-refractivity contribution is 5.94. The molecule has 4 aliphatic rings. The lowest BCUT2D eigenvalue weighted by molar-refractivity contribution is -0.148. The maximum Gasteiger partial charge on any atom is 0.337 e. The molecule has 0 bridgehead atoms. The van der Waals surface area contributed by atoms with Crippen LogP contribution in [0.5, 0.6) is 0 Å². The van der Waals surface area contributed by atoms with Gasteiger partial charge in [-0.25, -0.2) is 9.59 Å². The number of carbonyl (C=O) groups is 2. The largest absolute Gasteiger partial charge is 0.472 e. The molecule has 0 aromatic carbocycles. The van der Waals surface area contributed by atoms with Gasteiger partial charge < -0.3 is 14.2 Å². The highest BCUT2D eigenvalue weighted by atomic mass is 16.6. The molecule has 0 spiro atoms. The van der Waals surface area contributed by atoms with Gasteiger partial charge in [0, 0.05) is 16.9 Å². The Morgan fingerprint density at radius 2 is 2.10 bits per heavy atom. The zero-order valence-electron chi connectivity index (χ0n) is 11.0. The third-order valence-electron chi connectivity index (χ3n) is 4.89. The van der Waals surface area contributed by atoms with E-state index in [9.17, 15) is 9.59 Å². The minimum Gasteiger partial charge on any atom is -0.472 e. The van der Waals surface area contributed by atoms with Crippen LogP contribution < -0.4 is 0 Å². The number of ether oxygens (including phenoxy) is 3. The number of esters is 2. The SMILES string of the molecule is C=C1C(=O)O[C@H]2C[C@]3(C)C=COC=C4C(=O)O[C@H](C43)[C@H]12. The summed E-state index contributed by atoms with van der Waals surface area (Å²) in [5.41, 5.74) is 0.615. The summed E-state index contributed by atoms with van der Waals surface area (Å²) in [7, 11) is 0. The van der Waals surface area contributed by atoms with E-state index in [1.165, 1.54) is 6.26 Å². The van der Waals surface area contributed by atoms with Gasteiger partial charge in [0.05, 0.1) is 17.8 Å². The van der Waals surface area contributed by atoms with Gasteiger partial charge >= 0.3 is 11.9 Å². The van der Waals surface area contributed by atoms with Gasteiger partial charge in [0.15, 0.2) is 0 Å². The molecule has 0 amide bonds. The molecule has 5 nitrogen and oxygen atoms in total. The first-order chi connectivity index (χ1) is 9.51. The molecule has 0 aromatic rings. The molecule has 1 aliphatic carbocycles. The van der Waals surface area contributed by atoms with Crippen LogP contribution >= 0.6 is 0 Å². The van der Waals surface area contributed by atoms with E-state index in [0.29, 0.717) is 17.6 Å². The molecule has 5 heteroatoms. The molecular weight excluding hydrogens is 260 g/mol. The van der Waals surface area contributed by atoms with Gasteiger partial charge in [-0.1, -0.05) is 13.5 Å². The highest BCUT2D eigenvalue weighted by Gasteiger charge is 2.62. The quantitative estimate of drug-likeness (QED) is 0.494. The molecule has 3 fully saturated rings. The van der Waals surface area contributed by atoms with Crippen molar-refractivity contribution in [2.75, 3.05) is 0 Å². The van der Waals surface area contributed by atoms with Crippen LogP contribution in [-0.4, -0.2) is 24.1 Å². The molecule has 4 rings (SSSR count). The zero-order chi connectivity index (χ0) is 14.1. The summed E-state index contributed by atoms with van der Waals surface area (Å²) in [4.78, 5) is 23.8. The van der Waals surface area contributed by atoms with Gasteiger partial charge in [-0.3, -0.25) is 0 Å². The lowest BCUT2D eigenvalue weighted by Crippen LogP contribution is -2.48. The fourth-order valence-corrected chi connectivity index (χ4v) is 3.96. The topological polar surface area (TPSA) is 61.8 Å². The summed E-state index contributed by atoms with van der Waals surface area (Å²) in [5, 5.41) is 0. The molecule has 2 saturated heterocycles. The van der Waals surface area contributed by atoms with Crippen molar-refractivity contribution in [2.24, 2.45) is 17.3 Å². The third kappa shape index (κ3) is 1.27. The Hall–Kier alpha value is -2.04. The van der Waals surface area contributed by atoms with E-state index < -0.39 is 6.10 Å². The monoisotopic (exact) mass is 274 g/mol. The van der Waals surface area contributed by atoms with Crippen LogP contribution in [0, 0.1) is 17.3 Å². The highest BCUT2D eigenvalue weighted by Crippen LogP contribution is 2.57. The lowest BCUT2D eigenvalue weighted by atomic mass is 9.60. The van der Waals surface area contributed by atoms with Gasteiger partial charge in [-0.15, -0.1) is 0 Å². The van der Waals surface area contributed by atoms with E-state index in [1.807, 2.05) is 13.0 Å². The molecule has 104 valence electrons. The molecule has 0 aromatic heterocycles. The van der Waals surface area contributed by atoms with Crippen molar-refractivity contribution in [3.05, 3.63) is 36.3 Å². The molecular formula is C15H14O5. The zero-order valence-corrected chi connectivity index (χ0v) is 11.0. The van der Waals surface area contributed by atoms with E-state index in [-0.39, 0.29) is 35.3 Å². The van der Waals surface area contributed by atoms with Crippen LogP contribution in [0.15, 0.2) is 36.3 Å². The number of fused-ring (bicyclic) bond motifs is 2. The average Bonchev–Trinajstić information content (AvgIpc) is 2.76.